The van der Waals surface area contributed by atoms with E-state index >= 15 is 0 Å². The van der Waals surface area contributed by atoms with Crippen molar-refractivity contribution in [2.45, 2.75) is 5.37 Å². The molecule has 3 rings (SSSR count). The van der Waals surface area contributed by atoms with Gasteiger partial charge in [0.2, 0.25) is 5.91 Å². The van der Waals surface area contributed by atoms with E-state index in [1.807, 2.05) is 24.3 Å². The number of halogens is 2. The lowest BCUT2D eigenvalue weighted by Gasteiger charge is -2.25. The van der Waals surface area contributed by atoms with Crippen molar-refractivity contribution in [3.63, 3.8) is 0 Å². The number of rotatable bonds is 6. The maximum absolute atomic E-state index is 12.5. The number of nitrogens with zero attached hydrogens (tertiary/aromatic N) is 1. The van der Waals surface area contributed by atoms with E-state index in [4.69, 9.17) is 26.8 Å². The number of hydrogen-bond acceptors (Lipinski definition) is 5. The fraction of sp³-hybridized carbons (Fsp3) is 0.222. The molecule has 0 bridgehead atoms. The molecule has 1 saturated heterocycles. The number of thioether (sulfide) groups is 1. The Labute approximate surface area is 179 Å². The molecule has 27 heavy (non-hydrogen) atoms. The summed E-state index contributed by atoms with van der Waals surface area (Å²) in [5, 5.41) is 0.410. The normalized spacial score (nSPS) is 16.5. The van der Waals surface area contributed by atoms with Gasteiger partial charge >= 0.3 is 0 Å². The van der Waals surface area contributed by atoms with E-state index in [0.29, 0.717) is 22.3 Å². The van der Waals surface area contributed by atoms with E-state index in [0.717, 1.165) is 14.8 Å². The van der Waals surface area contributed by atoms with Crippen LogP contribution in [-0.2, 0) is 9.59 Å². The van der Waals surface area contributed by atoms with Gasteiger partial charge in [-0.25, -0.2) is 0 Å². The number of hydrogen-bond donors (Lipinski definition) is 1. The number of nitrogens with two attached hydrogens (primary N) is 1. The molecule has 0 radical (unpaired) electrons. The molecule has 2 N–H and O–H groups in total. The number of methoxy groups -OCH3 is 1. The maximum Gasteiger partial charge on any atom is 0.255 e. The first kappa shape index (κ1) is 20.1. The molecule has 1 aliphatic rings. The number of anilines is 1. The van der Waals surface area contributed by atoms with Gasteiger partial charge in [-0.1, -0.05) is 11.6 Å². The summed E-state index contributed by atoms with van der Waals surface area (Å²) in [4.78, 5) is 25.3. The van der Waals surface area contributed by atoms with Crippen LogP contribution in [0.25, 0.3) is 0 Å². The first-order valence-electron chi connectivity index (χ1n) is 7.88. The number of carbonyl (C=O) groups excluding carboxylic acids is 2. The third-order valence-corrected chi connectivity index (χ3v) is 6.13. The molecular weight excluding hydrogens is 503 g/mol. The van der Waals surface area contributed by atoms with Crippen LogP contribution in [0.4, 0.5) is 5.69 Å². The Morgan fingerprint density at radius 3 is 2.70 bits per heavy atom. The summed E-state index contributed by atoms with van der Waals surface area (Å²) in [5.41, 5.74) is 6.83. The van der Waals surface area contributed by atoms with Gasteiger partial charge in [-0.3, -0.25) is 14.5 Å². The Morgan fingerprint density at radius 1 is 1.37 bits per heavy atom. The quantitative estimate of drug-likeness (QED) is 0.591. The molecule has 2 amide bonds. The van der Waals surface area contributed by atoms with Gasteiger partial charge in [0.25, 0.3) is 5.91 Å². The van der Waals surface area contributed by atoms with E-state index < -0.39 is 5.91 Å². The minimum Gasteiger partial charge on any atom is -0.493 e. The van der Waals surface area contributed by atoms with Gasteiger partial charge in [-0.05, 0) is 64.6 Å². The van der Waals surface area contributed by atoms with Gasteiger partial charge in [0.05, 0.1) is 16.4 Å². The van der Waals surface area contributed by atoms with Crippen molar-refractivity contribution in [2.75, 3.05) is 24.4 Å². The highest BCUT2D eigenvalue weighted by Crippen LogP contribution is 2.45. The molecule has 142 valence electrons. The van der Waals surface area contributed by atoms with Crippen LogP contribution in [0.3, 0.4) is 0 Å². The molecular formula is C18H16ClIN2O4S. The minimum absolute atomic E-state index is 0.0235. The Kier molecular flexibility index (Phi) is 6.38. The zero-order valence-electron chi connectivity index (χ0n) is 14.3. The Hall–Kier alpha value is -1.65. The highest BCUT2D eigenvalue weighted by Gasteiger charge is 2.35. The van der Waals surface area contributed by atoms with Crippen LogP contribution in [0, 0.1) is 3.57 Å². The summed E-state index contributed by atoms with van der Waals surface area (Å²) in [6, 6.07) is 10.9. The van der Waals surface area contributed by atoms with Gasteiger partial charge in [0.15, 0.2) is 18.1 Å². The summed E-state index contributed by atoms with van der Waals surface area (Å²) < 4.78 is 11.7. The second kappa shape index (κ2) is 8.57. The van der Waals surface area contributed by atoms with Crippen molar-refractivity contribution in [3.05, 3.63) is 50.6 Å². The number of benzene rings is 2. The zero-order chi connectivity index (χ0) is 19.6. The molecule has 0 spiro atoms. The minimum atomic E-state index is -0.567. The van der Waals surface area contributed by atoms with Crippen LogP contribution in [0.15, 0.2) is 36.4 Å². The Balaban J connectivity index is 1.96. The predicted octanol–water partition coefficient (Wildman–Crippen LogP) is 3.60. The van der Waals surface area contributed by atoms with Crippen LogP contribution >= 0.6 is 46.0 Å². The fourth-order valence-corrected chi connectivity index (χ4v) is 4.78. The summed E-state index contributed by atoms with van der Waals surface area (Å²) in [5.74, 6) is 0.770. The second-order valence-corrected chi connectivity index (χ2v) is 8.36. The van der Waals surface area contributed by atoms with Crippen LogP contribution in [0.2, 0.25) is 5.02 Å². The van der Waals surface area contributed by atoms with Crippen LogP contribution in [-0.4, -0.2) is 31.3 Å². The molecule has 2 aromatic rings. The van der Waals surface area contributed by atoms with Crippen molar-refractivity contribution >= 4 is 63.5 Å². The largest absolute Gasteiger partial charge is 0.493 e. The lowest BCUT2D eigenvalue weighted by Crippen LogP contribution is -2.27. The first-order valence-corrected chi connectivity index (χ1v) is 10.4. The molecule has 1 atom stereocenters. The van der Waals surface area contributed by atoms with E-state index in [1.165, 1.54) is 18.9 Å². The van der Waals surface area contributed by atoms with E-state index in [1.54, 1.807) is 17.0 Å². The highest BCUT2D eigenvalue weighted by molar-refractivity contribution is 14.1. The van der Waals surface area contributed by atoms with E-state index in [2.05, 4.69) is 22.6 Å². The van der Waals surface area contributed by atoms with Gasteiger partial charge in [-0.2, -0.15) is 0 Å². The lowest BCUT2D eigenvalue weighted by molar-refractivity contribution is -0.120. The van der Waals surface area contributed by atoms with E-state index in [9.17, 15) is 9.59 Å². The van der Waals surface area contributed by atoms with E-state index in [-0.39, 0.29) is 17.9 Å². The predicted molar refractivity (Wildman–Crippen MR) is 115 cm³/mol. The summed E-state index contributed by atoms with van der Waals surface area (Å²) in [6.07, 6.45) is 0. The van der Waals surface area contributed by atoms with Crippen LogP contribution in [0.1, 0.15) is 10.9 Å². The summed E-state index contributed by atoms with van der Waals surface area (Å²) in [7, 11) is 1.52. The molecule has 9 heteroatoms. The van der Waals surface area contributed by atoms with Gasteiger partial charge in [-0.15, -0.1) is 11.8 Å². The summed E-state index contributed by atoms with van der Waals surface area (Å²) >= 11 is 9.61. The zero-order valence-corrected chi connectivity index (χ0v) is 18.0. The van der Waals surface area contributed by atoms with Gasteiger partial charge in [0.1, 0.15) is 5.37 Å². The monoisotopic (exact) mass is 518 g/mol. The number of carbonyl (C=O) groups is 2. The molecule has 6 nitrogen and oxygen atoms in total. The third kappa shape index (κ3) is 4.44. The first-order chi connectivity index (χ1) is 12.9. The molecule has 1 aliphatic heterocycles. The Bertz CT molecular complexity index is 878. The highest BCUT2D eigenvalue weighted by atomic mass is 127. The molecule has 1 heterocycles. The molecule has 0 saturated carbocycles. The number of primary amides is 1. The second-order valence-electron chi connectivity index (χ2n) is 5.69. The standard InChI is InChI=1S/C18H16ClIN2O4S/c1-25-14-7-10(6-13(20)17(14)26-8-15(21)23)18-22(16(24)9-27-18)12-4-2-11(19)3-5-12/h2-7,18H,8-9H2,1H3,(H2,21,23)/t18-/m0/s1. The SMILES string of the molecule is COc1cc([C@@H]2SCC(=O)N2c2ccc(Cl)cc2)cc(I)c1OCC(N)=O. The van der Waals surface area contributed by atoms with Gasteiger partial charge < -0.3 is 15.2 Å². The fourth-order valence-electron chi connectivity index (χ4n) is 2.72. The number of amides is 2. The van der Waals surface area contributed by atoms with Crippen molar-refractivity contribution in [1.82, 2.24) is 0 Å². The van der Waals surface area contributed by atoms with Crippen molar-refractivity contribution in [3.8, 4) is 11.5 Å². The van der Waals surface area contributed by atoms with Crippen LogP contribution in [0.5, 0.6) is 11.5 Å². The molecule has 0 aromatic heterocycles. The number of ether oxygens (including phenoxy) is 2. The van der Waals surface area contributed by atoms with Crippen LogP contribution < -0.4 is 20.1 Å². The molecule has 0 aliphatic carbocycles. The maximum atomic E-state index is 12.5. The molecule has 2 aromatic carbocycles. The van der Waals surface area contributed by atoms with Crippen molar-refractivity contribution in [1.29, 1.82) is 0 Å². The van der Waals surface area contributed by atoms with Gasteiger partial charge in [0, 0.05) is 10.7 Å². The molecule has 0 unspecified atom stereocenters. The topological polar surface area (TPSA) is 81.9 Å². The average molecular weight is 519 g/mol. The lowest BCUT2D eigenvalue weighted by atomic mass is 10.1. The average Bonchev–Trinajstić information content (AvgIpc) is 3.02. The third-order valence-electron chi connectivity index (χ3n) is 3.87. The summed E-state index contributed by atoms with van der Waals surface area (Å²) in [6.45, 7) is -0.237. The smallest absolute Gasteiger partial charge is 0.255 e. The van der Waals surface area contributed by atoms with Crippen molar-refractivity contribution in [2.24, 2.45) is 5.73 Å². The molecule has 1 fully saturated rings. The Morgan fingerprint density at radius 2 is 2.07 bits per heavy atom. The van der Waals surface area contributed by atoms with Crippen molar-refractivity contribution < 1.29 is 19.1 Å².